The van der Waals surface area contributed by atoms with E-state index in [-0.39, 0.29) is 21.2 Å². The van der Waals surface area contributed by atoms with Gasteiger partial charge in [0, 0.05) is 24.3 Å². The van der Waals surface area contributed by atoms with Gasteiger partial charge in [0.15, 0.2) is 0 Å². The van der Waals surface area contributed by atoms with E-state index in [1.165, 1.54) is 31.8 Å². The second kappa shape index (κ2) is 27.9. The summed E-state index contributed by atoms with van der Waals surface area (Å²) >= 11 is 26.1. The van der Waals surface area contributed by atoms with Crippen LogP contribution in [0.25, 0.3) is 0 Å². The quantitative estimate of drug-likeness (QED) is 0.0528. The molecule has 8 rings (SSSR count). The summed E-state index contributed by atoms with van der Waals surface area (Å²) in [5.41, 5.74) is -0.311. The Morgan fingerprint density at radius 3 is 0.618 bits per heavy atom. The molecule has 8 aromatic carbocycles. The first-order valence-electron chi connectivity index (χ1n) is 20.1. The summed E-state index contributed by atoms with van der Waals surface area (Å²) in [6, 6.07) is 77.8. The fourth-order valence-corrected chi connectivity index (χ4v) is 16.0. The van der Waals surface area contributed by atoms with Crippen molar-refractivity contribution in [3.63, 3.8) is 0 Å². The van der Waals surface area contributed by atoms with Gasteiger partial charge in [-0.05, 0) is 108 Å². The van der Waals surface area contributed by atoms with Gasteiger partial charge in [0.05, 0.1) is 22.2 Å². The second-order valence-corrected chi connectivity index (χ2v) is 92.9. The number of benzene rings is 8. The van der Waals surface area contributed by atoms with Crippen LogP contribution >= 0.6 is 127 Å². The van der Waals surface area contributed by atoms with Crippen molar-refractivity contribution < 1.29 is 21.1 Å². The summed E-state index contributed by atoms with van der Waals surface area (Å²) in [5.74, 6) is 0. The van der Waals surface area contributed by atoms with E-state index in [4.69, 9.17) is 0 Å². The average molecular weight is 1550 g/mol. The Morgan fingerprint density at radius 2 is 0.471 bits per heavy atom. The number of non-ortho nitro benzene ring substituents is 2. The van der Waals surface area contributed by atoms with Gasteiger partial charge in [-0.2, -0.15) is 0 Å². The molecule has 356 valence electrons. The maximum atomic E-state index is 11.1. The molecule has 0 aliphatic carbocycles. The molecule has 0 saturated carbocycles. The Hall–Kier alpha value is -1.70. The van der Waals surface area contributed by atoms with Crippen LogP contribution in [-0.2, 0) is 23.6 Å². The molecule has 0 radical (unpaired) electrons. The van der Waals surface area contributed by atoms with E-state index in [0.29, 0.717) is 0 Å². The van der Waals surface area contributed by atoms with Crippen molar-refractivity contribution in [2.75, 3.05) is 0 Å². The van der Waals surface area contributed by atoms with Gasteiger partial charge in [-0.25, -0.2) is 0 Å². The molecular formula is C50H42Br8Mn2N2O4P2. The van der Waals surface area contributed by atoms with E-state index in [1.807, 2.05) is 60.7 Å². The number of nitro groups is 2. The summed E-state index contributed by atoms with van der Waals surface area (Å²) in [7, 11) is -3.97. The molecule has 6 nitrogen and oxygen atoms in total. The SMILES string of the molecule is O=[N+]([O-])c1ccc(C[P+](c2ccccc2)(c2ccccc2)c2ccccc2)cc1.O=[N+]([O-])c1ccc(C[P+](c2ccccc2)(c2ccccc2)c2ccccc2)cc1.[Br][Mn-]([Br])([Br])[Br].[Br][Mn-]([Br])([Br])[Br]. The summed E-state index contributed by atoms with van der Waals surface area (Å²) < 4.78 is 0. The van der Waals surface area contributed by atoms with Gasteiger partial charge in [0.1, 0.15) is 46.4 Å². The molecule has 0 N–H and O–H groups in total. The van der Waals surface area contributed by atoms with E-state index in [2.05, 4.69) is 258 Å². The topological polar surface area (TPSA) is 86.3 Å². The third kappa shape index (κ3) is 17.8. The van der Waals surface area contributed by atoms with E-state index in [0.717, 1.165) is 23.5 Å². The van der Waals surface area contributed by atoms with Gasteiger partial charge in [0.2, 0.25) is 0 Å². The minimum absolute atomic E-state index is 0.122. The van der Waals surface area contributed by atoms with E-state index in [1.54, 1.807) is 24.3 Å². The molecule has 0 aromatic heterocycles. The standard InChI is InChI=1S/2C25H21NO2P.8BrH.2Mn/c2*27-26(28)22-18-16-21(17-19-22)20-29(23-10-4-1-5-11-23,24-12-6-2-7-13-24)25-14-8-3-9-15-25;;;;;;;;;;/h2*1-19H,20H2;8*1H;;/q2*+1;;;;;;;;;2*+3/p-8. The third-order valence-electron chi connectivity index (χ3n) is 10.3. The van der Waals surface area contributed by atoms with E-state index >= 15 is 0 Å². The van der Waals surface area contributed by atoms with Crippen molar-refractivity contribution in [3.05, 3.63) is 262 Å². The Balaban J connectivity index is 0.000000212. The Bertz CT molecular complexity index is 2370. The Kier molecular flexibility index (Phi) is 23.5. The van der Waals surface area contributed by atoms with Crippen LogP contribution < -0.4 is 31.8 Å². The summed E-state index contributed by atoms with van der Waals surface area (Å²) in [6.45, 7) is 0. The van der Waals surface area contributed by atoms with Crippen molar-refractivity contribution in [2.24, 2.45) is 0 Å². The molecule has 18 heteroatoms. The van der Waals surface area contributed by atoms with Gasteiger partial charge in [-0.3, -0.25) is 20.2 Å². The second-order valence-electron chi connectivity index (χ2n) is 14.4. The van der Waals surface area contributed by atoms with Crippen molar-refractivity contribution in [1.82, 2.24) is 0 Å². The first kappa shape index (κ1) is 57.2. The van der Waals surface area contributed by atoms with Crippen LogP contribution in [0.15, 0.2) is 231 Å². The fraction of sp³-hybridized carbons (Fsp3) is 0.0400. The Labute approximate surface area is 459 Å². The molecule has 0 atom stereocenters. The van der Waals surface area contributed by atoms with E-state index in [9.17, 15) is 20.2 Å². The number of nitrogens with zero attached hydrogens (tertiary/aromatic N) is 2. The predicted octanol–water partition coefficient (Wildman–Crippen LogP) is 16.9. The molecule has 0 aliphatic rings. The van der Waals surface area contributed by atoms with Gasteiger partial charge in [-0.15, -0.1) is 0 Å². The van der Waals surface area contributed by atoms with Gasteiger partial charge < -0.3 is 0 Å². The molecule has 8 aromatic rings. The number of hydrogen-bond donors (Lipinski definition) is 0. The molecule has 0 bridgehead atoms. The minimum atomic E-state index is -1.98. The van der Waals surface area contributed by atoms with Crippen LogP contribution in [0.3, 0.4) is 0 Å². The molecule has 0 aliphatic heterocycles. The van der Waals surface area contributed by atoms with Crippen LogP contribution in [-0.4, -0.2) is 9.85 Å². The first-order chi connectivity index (χ1) is 32.4. The predicted molar refractivity (Wildman–Crippen MR) is 315 cm³/mol. The summed E-state index contributed by atoms with van der Waals surface area (Å²) in [4.78, 5) is 21.4. The van der Waals surface area contributed by atoms with Crippen LogP contribution in [0.4, 0.5) is 11.4 Å². The van der Waals surface area contributed by atoms with Crippen LogP contribution in [0, 0.1) is 20.2 Å². The molecule has 0 fully saturated rings. The van der Waals surface area contributed by atoms with Crippen LogP contribution in [0.1, 0.15) is 11.1 Å². The van der Waals surface area contributed by atoms with Crippen molar-refractivity contribution >= 4 is 171 Å². The number of nitro benzene ring substituents is 2. The van der Waals surface area contributed by atoms with Crippen LogP contribution in [0.5, 0.6) is 0 Å². The van der Waals surface area contributed by atoms with Crippen molar-refractivity contribution in [2.45, 2.75) is 12.3 Å². The third-order valence-corrected chi connectivity index (χ3v) is 19.1. The van der Waals surface area contributed by atoms with Gasteiger partial charge in [0.25, 0.3) is 11.4 Å². The average Bonchev–Trinajstić information content (AvgIpc) is 3.33. The van der Waals surface area contributed by atoms with Gasteiger partial charge >= 0.3 is 124 Å². The molecule has 0 spiro atoms. The van der Waals surface area contributed by atoms with E-state index < -0.39 is 25.8 Å². The molecule has 0 heterocycles. The summed E-state index contributed by atoms with van der Waals surface area (Å²) in [5, 5.41) is 30.0. The van der Waals surface area contributed by atoms with Crippen LogP contribution in [0.2, 0.25) is 0 Å². The Morgan fingerprint density at radius 1 is 0.309 bits per heavy atom. The fourth-order valence-electron chi connectivity index (χ4n) is 7.53. The maximum absolute atomic E-state index is 11.1. The number of rotatable bonds is 12. The molecule has 0 unspecified atom stereocenters. The zero-order valence-electron chi connectivity index (χ0n) is 35.6. The number of hydrogen-bond acceptors (Lipinski definition) is 4. The first-order valence-corrected chi connectivity index (χ1v) is 47.4. The number of halogens is 8. The molecular weight excluding hydrogens is 1500 g/mol. The van der Waals surface area contributed by atoms with Crippen molar-refractivity contribution in [1.29, 1.82) is 0 Å². The zero-order chi connectivity index (χ0) is 49.2. The molecule has 0 amide bonds. The summed E-state index contributed by atoms with van der Waals surface area (Å²) in [6.07, 6.45) is 1.62. The molecule has 68 heavy (non-hydrogen) atoms. The van der Waals surface area contributed by atoms with Gasteiger partial charge in [-0.1, -0.05) is 109 Å². The monoisotopic (exact) mass is 1540 g/mol. The zero-order valence-corrected chi connectivity index (χ0v) is 52.4. The molecule has 0 saturated heterocycles. The van der Waals surface area contributed by atoms with Crippen molar-refractivity contribution in [3.8, 4) is 0 Å². The normalized spacial score (nSPS) is 11.8.